The van der Waals surface area contributed by atoms with Crippen molar-refractivity contribution in [3.8, 4) is 0 Å². The van der Waals surface area contributed by atoms with Gasteiger partial charge in [0, 0.05) is 18.4 Å². The van der Waals surface area contributed by atoms with E-state index in [1.807, 2.05) is 0 Å². The number of rotatable bonds is 14. The molecule has 2 unspecified atom stereocenters. The topological polar surface area (TPSA) is 82.1 Å². The Kier molecular flexibility index (Phi) is 12.6. The van der Waals surface area contributed by atoms with Gasteiger partial charge in [-0.25, -0.2) is 4.79 Å². The molecule has 0 fully saturated rings. The Balaban J connectivity index is 0.00000155. The van der Waals surface area contributed by atoms with Gasteiger partial charge in [-0.3, -0.25) is 4.79 Å². The van der Waals surface area contributed by atoms with Gasteiger partial charge in [-0.05, 0) is 86.3 Å². The highest BCUT2D eigenvalue weighted by Gasteiger charge is 2.39. The normalized spacial score (nSPS) is 17.6. The minimum absolute atomic E-state index is 0.151. The fraction of sp³-hybridized carbons (Fsp3) is 0.543. The molecule has 0 radical (unpaired) electrons. The number of unbranched alkanes of at least 4 members (excludes halogenated alkanes) is 1. The zero-order chi connectivity index (χ0) is 30.8. The van der Waals surface area contributed by atoms with Gasteiger partial charge in [-0.2, -0.15) is 0 Å². The molecule has 0 aromatic heterocycles. The first-order valence-corrected chi connectivity index (χ1v) is 15.7. The number of allylic oxidation sites excluding steroid dienone is 7. The second-order valence-corrected chi connectivity index (χ2v) is 12.3. The molecule has 0 aliphatic heterocycles. The van der Waals surface area contributed by atoms with Crippen molar-refractivity contribution in [2.24, 2.45) is 5.41 Å². The van der Waals surface area contributed by atoms with Crippen LogP contribution in [-0.2, 0) is 36.6 Å². The Labute approximate surface area is 256 Å². The average Bonchev–Trinajstić information content (AvgIpc) is 2.99. The molecule has 0 saturated carbocycles. The molecule has 0 heterocycles. The van der Waals surface area contributed by atoms with Crippen molar-refractivity contribution in [1.82, 2.24) is 0 Å². The maximum Gasteiger partial charge on any atom is 0.337 e. The Morgan fingerprint density at radius 1 is 0.976 bits per heavy atom. The van der Waals surface area contributed by atoms with Crippen molar-refractivity contribution in [1.29, 1.82) is 0 Å². The van der Waals surface area contributed by atoms with E-state index in [0.29, 0.717) is 24.8 Å². The number of aliphatic hydroxyl groups excluding tert-OH is 1. The van der Waals surface area contributed by atoms with Crippen molar-refractivity contribution in [2.75, 3.05) is 32.3 Å². The van der Waals surface area contributed by atoms with Crippen LogP contribution >= 0.6 is 11.6 Å². The van der Waals surface area contributed by atoms with Crippen molar-refractivity contribution in [3.05, 3.63) is 75.9 Å². The summed E-state index contributed by atoms with van der Waals surface area (Å²) < 4.78 is 16.4. The van der Waals surface area contributed by atoms with Crippen LogP contribution in [0.4, 0.5) is 0 Å². The second-order valence-electron chi connectivity index (χ2n) is 11.9. The highest BCUT2D eigenvalue weighted by molar-refractivity contribution is 6.17. The fourth-order valence-corrected chi connectivity index (χ4v) is 5.27. The molecule has 0 bridgehead atoms. The van der Waals surface area contributed by atoms with E-state index in [1.54, 1.807) is 13.8 Å². The predicted octanol–water partition coefficient (Wildman–Crippen LogP) is 7.02. The van der Waals surface area contributed by atoms with Crippen molar-refractivity contribution >= 4 is 29.6 Å². The van der Waals surface area contributed by atoms with Crippen LogP contribution in [0.5, 0.6) is 0 Å². The number of aryl methyl sites for hydroxylation is 1. The molecule has 0 saturated heterocycles. The number of hydrogen-bond donors (Lipinski definition) is 1. The van der Waals surface area contributed by atoms with Gasteiger partial charge in [-0.15, -0.1) is 11.6 Å². The number of aliphatic hydroxyl groups is 1. The van der Waals surface area contributed by atoms with Crippen molar-refractivity contribution in [2.45, 2.75) is 84.7 Å². The zero-order valence-corrected chi connectivity index (χ0v) is 26.6. The quantitative estimate of drug-likeness (QED) is 0.141. The fourth-order valence-electron chi connectivity index (χ4n) is 5.16. The molecule has 230 valence electrons. The molecule has 0 spiro atoms. The lowest BCUT2D eigenvalue weighted by molar-refractivity contribution is -0.178. The standard InChI is InChI=1S/C32H39ClO6.C3H8/c1-31(2,29(35)38-21-32(3,20-34)30(36)37-18-7-17-33)39-19-5-4-8-22-11-12-25-14-13-23-9-6-10-24-15-16-26(22)28(25)27(23)24;1-3-2/h6,9-13,15-16,27,34H,4-5,7-8,14,17-21H2,1-3H3;3H2,1-2H3. The largest absolute Gasteiger partial charge is 0.465 e. The van der Waals surface area contributed by atoms with Crippen molar-refractivity contribution in [3.63, 3.8) is 0 Å². The SMILES string of the molecule is CC(CO)(COC(=O)C(C)(C)OCCCCc1ccc2c3c1C=CC1=CC=CC(=CC2)C13)C(=O)OCCCCl.CCC. The van der Waals surface area contributed by atoms with Crippen molar-refractivity contribution < 1.29 is 28.9 Å². The number of alkyl halides is 1. The summed E-state index contributed by atoms with van der Waals surface area (Å²) in [5.41, 5.74) is 5.81. The Hall–Kier alpha value is -2.67. The summed E-state index contributed by atoms with van der Waals surface area (Å²) in [5, 5.41) is 9.72. The molecule has 6 nitrogen and oxygen atoms in total. The maximum absolute atomic E-state index is 12.7. The molecule has 1 N–H and O–H groups in total. The van der Waals surface area contributed by atoms with Gasteiger partial charge in [0.2, 0.25) is 0 Å². The van der Waals surface area contributed by atoms with Crippen LogP contribution in [0.3, 0.4) is 0 Å². The molecular weight excluding hydrogens is 552 g/mol. The van der Waals surface area contributed by atoms with E-state index in [2.05, 4.69) is 62.4 Å². The summed E-state index contributed by atoms with van der Waals surface area (Å²) in [5.74, 6) is -0.495. The summed E-state index contributed by atoms with van der Waals surface area (Å²) in [6.45, 7) is 8.80. The lowest BCUT2D eigenvalue weighted by atomic mass is 9.70. The smallest absolute Gasteiger partial charge is 0.337 e. The van der Waals surface area contributed by atoms with Crippen LogP contribution in [0.1, 0.15) is 88.5 Å². The third-order valence-corrected chi connectivity index (χ3v) is 7.94. The van der Waals surface area contributed by atoms with E-state index in [4.69, 9.17) is 25.8 Å². The molecular formula is C35H47ClO6. The maximum atomic E-state index is 12.7. The third-order valence-electron chi connectivity index (χ3n) is 7.67. The minimum atomic E-state index is -1.34. The zero-order valence-electron chi connectivity index (χ0n) is 25.8. The first-order chi connectivity index (χ1) is 20.1. The Morgan fingerprint density at radius 3 is 2.45 bits per heavy atom. The van der Waals surface area contributed by atoms with Gasteiger partial charge < -0.3 is 19.3 Å². The lowest BCUT2D eigenvalue weighted by Crippen LogP contribution is -2.43. The van der Waals surface area contributed by atoms with Gasteiger partial charge in [-0.1, -0.05) is 68.9 Å². The van der Waals surface area contributed by atoms with Gasteiger partial charge in [0.15, 0.2) is 5.60 Å². The first-order valence-electron chi connectivity index (χ1n) is 15.2. The highest BCUT2D eigenvalue weighted by Crippen LogP contribution is 2.46. The number of carbonyl (C=O) groups excluding carboxylic acids is 2. The monoisotopic (exact) mass is 598 g/mol. The summed E-state index contributed by atoms with van der Waals surface area (Å²) >= 11 is 5.61. The summed E-state index contributed by atoms with van der Waals surface area (Å²) in [6, 6.07) is 4.53. The van der Waals surface area contributed by atoms with Crippen LogP contribution in [0.15, 0.2) is 53.7 Å². The molecule has 3 aliphatic rings. The molecule has 3 aliphatic carbocycles. The van der Waals surface area contributed by atoms with E-state index >= 15 is 0 Å². The summed E-state index contributed by atoms with van der Waals surface area (Å²) in [6.07, 6.45) is 18.8. The molecule has 1 aromatic carbocycles. The van der Waals surface area contributed by atoms with Crippen LogP contribution in [0, 0.1) is 5.41 Å². The van der Waals surface area contributed by atoms with Gasteiger partial charge in [0.1, 0.15) is 12.0 Å². The van der Waals surface area contributed by atoms with Gasteiger partial charge in [0.25, 0.3) is 0 Å². The average molecular weight is 599 g/mol. The van der Waals surface area contributed by atoms with Crippen LogP contribution in [0.2, 0.25) is 0 Å². The minimum Gasteiger partial charge on any atom is -0.465 e. The molecule has 4 rings (SSSR count). The van der Waals surface area contributed by atoms with Crippen LogP contribution < -0.4 is 0 Å². The van der Waals surface area contributed by atoms with E-state index in [0.717, 1.165) is 25.7 Å². The summed E-state index contributed by atoms with van der Waals surface area (Å²) in [4.78, 5) is 25.0. The predicted molar refractivity (Wildman–Crippen MR) is 169 cm³/mol. The summed E-state index contributed by atoms with van der Waals surface area (Å²) in [7, 11) is 0. The first kappa shape index (κ1) is 33.8. The van der Waals surface area contributed by atoms with E-state index in [-0.39, 0.29) is 13.2 Å². The second kappa shape index (κ2) is 15.7. The Bertz CT molecular complexity index is 1220. The third kappa shape index (κ3) is 8.24. The van der Waals surface area contributed by atoms with E-state index in [1.165, 1.54) is 46.7 Å². The number of hydrogen-bond acceptors (Lipinski definition) is 6. The van der Waals surface area contributed by atoms with Crippen LogP contribution in [0.25, 0.3) is 6.08 Å². The number of halogens is 1. The van der Waals surface area contributed by atoms with E-state index < -0.39 is 29.6 Å². The number of carbonyl (C=O) groups is 2. The Morgan fingerprint density at radius 2 is 1.74 bits per heavy atom. The molecule has 1 aromatic rings. The van der Waals surface area contributed by atoms with Crippen LogP contribution in [-0.4, -0.2) is 55.0 Å². The molecule has 42 heavy (non-hydrogen) atoms. The van der Waals surface area contributed by atoms with Gasteiger partial charge >= 0.3 is 11.9 Å². The molecule has 2 atom stereocenters. The van der Waals surface area contributed by atoms with Gasteiger partial charge in [0.05, 0.1) is 13.2 Å². The number of ether oxygens (including phenoxy) is 3. The molecule has 0 amide bonds. The number of esters is 2. The number of benzene rings is 1. The lowest BCUT2D eigenvalue weighted by Gasteiger charge is -2.34. The van der Waals surface area contributed by atoms with E-state index in [9.17, 15) is 14.7 Å². The molecule has 7 heteroatoms. The highest BCUT2D eigenvalue weighted by atomic mass is 35.5.